The second-order valence-electron chi connectivity index (χ2n) is 6.25. The molecule has 5 heteroatoms. The van der Waals surface area contributed by atoms with E-state index in [2.05, 4.69) is 5.32 Å². The predicted octanol–water partition coefficient (Wildman–Crippen LogP) is 3.68. The first-order valence-electron chi connectivity index (χ1n) is 8.24. The van der Waals surface area contributed by atoms with E-state index in [1.54, 1.807) is 30.1 Å². The van der Waals surface area contributed by atoms with Crippen molar-refractivity contribution in [1.82, 2.24) is 10.2 Å². The summed E-state index contributed by atoms with van der Waals surface area (Å²) in [5, 5.41) is 3.46. The maximum absolute atomic E-state index is 12.2. The molecule has 0 radical (unpaired) electrons. The molecular formula is C20H23ClN2O2. The van der Waals surface area contributed by atoms with Gasteiger partial charge in [-0.25, -0.2) is 0 Å². The van der Waals surface area contributed by atoms with Crippen LogP contribution >= 0.6 is 11.6 Å². The van der Waals surface area contributed by atoms with Crippen molar-refractivity contribution in [3.63, 3.8) is 0 Å². The van der Waals surface area contributed by atoms with Gasteiger partial charge in [-0.2, -0.15) is 0 Å². The molecule has 0 spiro atoms. The summed E-state index contributed by atoms with van der Waals surface area (Å²) in [5.74, 6) is -0.0999. The fourth-order valence-corrected chi connectivity index (χ4v) is 2.48. The van der Waals surface area contributed by atoms with Crippen LogP contribution in [-0.4, -0.2) is 29.8 Å². The van der Waals surface area contributed by atoms with Crippen molar-refractivity contribution in [1.29, 1.82) is 0 Å². The van der Waals surface area contributed by atoms with E-state index in [1.807, 2.05) is 44.2 Å². The third-order valence-corrected chi connectivity index (χ3v) is 4.46. The van der Waals surface area contributed by atoms with Crippen LogP contribution in [0, 0.1) is 0 Å². The molecule has 132 valence electrons. The Hall–Kier alpha value is -2.33. The van der Waals surface area contributed by atoms with Crippen molar-refractivity contribution in [3.8, 4) is 0 Å². The van der Waals surface area contributed by atoms with Crippen molar-refractivity contribution in [2.45, 2.75) is 32.9 Å². The van der Waals surface area contributed by atoms with E-state index in [1.165, 1.54) is 0 Å². The van der Waals surface area contributed by atoms with Gasteiger partial charge in [0.05, 0.1) is 6.42 Å². The van der Waals surface area contributed by atoms with Crippen molar-refractivity contribution in [2.24, 2.45) is 0 Å². The van der Waals surface area contributed by atoms with Gasteiger partial charge in [0.1, 0.15) is 0 Å². The van der Waals surface area contributed by atoms with Gasteiger partial charge in [-0.1, -0.05) is 41.9 Å². The Morgan fingerprint density at radius 3 is 2.32 bits per heavy atom. The van der Waals surface area contributed by atoms with E-state index in [4.69, 9.17) is 11.6 Å². The molecule has 0 unspecified atom stereocenters. The van der Waals surface area contributed by atoms with Crippen LogP contribution < -0.4 is 5.32 Å². The van der Waals surface area contributed by atoms with Gasteiger partial charge in [0.15, 0.2) is 0 Å². The van der Waals surface area contributed by atoms with Gasteiger partial charge in [0.2, 0.25) is 5.91 Å². The Bertz CT molecular complexity index is 742. The number of carbonyl (C=O) groups excluding carboxylic acids is 2. The number of hydrogen-bond donors (Lipinski definition) is 1. The van der Waals surface area contributed by atoms with Gasteiger partial charge in [-0.3, -0.25) is 9.59 Å². The fourth-order valence-electron chi connectivity index (χ4n) is 2.28. The molecule has 0 aliphatic rings. The maximum atomic E-state index is 12.2. The highest BCUT2D eigenvalue weighted by Gasteiger charge is 2.14. The number of amides is 2. The van der Waals surface area contributed by atoms with Crippen LogP contribution in [0.25, 0.3) is 0 Å². The van der Waals surface area contributed by atoms with Crippen LogP contribution in [0.2, 0.25) is 5.02 Å². The van der Waals surface area contributed by atoms with Crippen LogP contribution in [0.1, 0.15) is 35.3 Å². The van der Waals surface area contributed by atoms with Crippen LogP contribution in [-0.2, 0) is 17.8 Å². The second kappa shape index (κ2) is 8.67. The number of nitrogens with one attached hydrogen (secondary N) is 1. The van der Waals surface area contributed by atoms with E-state index in [9.17, 15) is 9.59 Å². The summed E-state index contributed by atoms with van der Waals surface area (Å²) in [4.78, 5) is 26.0. The van der Waals surface area contributed by atoms with Gasteiger partial charge in [0, 0.05) is 30.2 Å². The van der Waals surface area contributed by atoms with Crippen LogP contribution in [0.4, 0.5) is 0 Å². The lowest BCUT2D eigenvalue weighted by molar-refractivity contribution is -0.120. The third kappa shape index (κ3) is 5.33. The molecule has 4 nitrogen and oxygen atoms in total. The number of hydrogen-bond acceptors (Lipinski definition) is 2. The highest BCUT2D eigenvalue weighted by Crippen LogP contribution is 2.15. The van der Waals surface area contributed by atoms with E-state index in [-0.39, 0.29) is 24.3 Å². The molecule has 0 aromatic heterocycles. The van der Waals surface area contributed by atoms with Gasteiger partial charge < -0.3 is 10.2 Å². The molecule has 2 amide bonds. The van der Waals surface area contributed by atoms with Crippen molar-refractivity contribution in [2.75, 3.05) is 7.05 Å². The van der Waals surface area contributed by atoms with Crippen molar-refractivity contribution >= 4 is 23.4 Å². The zero-order valence-corrected chi connectivity index (χ0v) is 15.5. The highest BCUT2D eigenvalue weighted by atomic mass is 35.5. The minimum Gasteiger partial charge on any atom is -0.352 e. The molecule has 0 aliphatic carbocycles. The lowest BCUT2D eigenvalue weighted by atomic mass is 10.1. The summed E-state index contributed by atoms with van der Waals surface area (Å²) in [6.45, 7) is 4.36. The standard InChI is InChI=1S/C20H23ClN2O2/c1-14(2)23(3)20(25)16-10-8-15(9-11-16)13-22-19(24)12-17-6-4-5-7-18(17)21/h4-11,14H,12-13H2,1-3H3,(H,22,24). The molecule has 2 rings (SSSR count). The molecule has 0 atom stereocenters. The van der Waals surface area contributed by atoms with Gasteiger partial charge in [0.25, 0.3) is 5.91 Å². The molecule has 0 fully saturated rings. The Kier molecular flexibility index (Phi) is 6.59. The zero-order valence-electron chi connectivity index (χ0n) is 14.8. The van der Waals surface area contributed by atoms with Gasteiger partial charge in [-0.05, 0) is 43.2 Å². The summed E-state index contributed by atoms with van der Waals surface area (Å²) >= 11 is 6.06. The Morgan fingerprint density at radius 1 is 1.08 bits per heavy atom. The second-order valence-corrected chi connectivity index (χ2v) is 6.66. The minimum absolute atomic E-state index is 0.00990. The van der Waals surface area contributed by atoms with E-state index >= 15 is 0 Å². The monoisotopic (exact) mass is 358 g/mol. The first-order valence-corrected chi connectivity index (χ1v) is 8.62. The average molecular weight is 359 g/mol. The van der Waals surface area contributed by atoms with Gasteiger partial charge >= 0.3 is 0 Å². The lowest BCUT2D eigenvalue weighted by Gasteiger charge is -2.21. The van der Waals surface area contributed by atoms with Crippen LogP contribution in [0.3, 0.4) is 0 Å². The molecular weight excluding hydrogens is 336 g/mol. The fraction of sp³-hybridized carbons (Fsp3) is 0.300. The van der Waals surface area contributed by atoms with Crippen LogP contribution in [0.15, 0.2) is 48.5 Å². The van der Waals surface area contributed by atoms with E-state index in [0.29, 0.717) is 17.1 Å². The number of benzene rings is 2. The Balaban J connectivity index is 1.90. The largest absolute Gasteiger partial charge is 0.352 e. The maximum Gasteiger partial charge on any atom is 0.253 e. The van der Waals surface area contributed by atoms with Crippen LogP contribution in [0.5, 0.6) is 0 Å². The molecule has 0 bridgehead atoms. The molecule has 0 aliphatic heterocycles. The summed E-state index contributed by atoms with van der Waals surface area (Å²) in [7, 11) is 1.79. The number of nitrogens with zero attached hydrogens (tertiary/aromatic N) is 1. The molecule has 2 aromatic carbocycles. The van der Waals surface area contributed by atoms with Crippen molar-refractivity contribution in [3.05, 3.63) is 70.2 Å². The summed E-state index contributed by atoms with van der Waals surface area (Å²) in [5.41, 5.74) is 2.39. The number of carbonyl (C=O) groups is 2. The topological polar surface area (TPSA) is 49.4 Å². The first-order chi connectivity index (χ1) is 11.9. The SMILES string of the molecule is CC(C)N(C)C(=O)c1ccc(CNC(=O)Cc2ccccc2Cl)cc1. The Morgan fingerprint density at radius 2 is 1.72 bits per heavy atom. The number of halogens is 1. The van der Waals surface area contributed by atoms with E-state index < -0.39 is 0 Å². The highest BCUT2D eigenvalue weighted by molar-refractivity contribution is 6.31. The molecule has 0 heterocycles. The minimum atomic E-state index is -0.0900. The smallest absolute Gasteiger partial charge is 0.253 e. The lowest BCUT2D eigenvalue weighted by Crippen LogP contribution is -2.32. The third-order valence-electron chi connectivity index (χ3n) is 4.09. The van der Waals surface area contributed by atoms with Gasteiger partial charge in [-0.15, -0.1) is 0 Å². The summed E-state index contributed by atoms with van der Waals surface area (Å²) in [6.07, 6.45) is 0.245. The molecule has 2 aromatic rings. The average Bonchev–Trinajstić information content (AvgIpc) is 2.61. The molecule has 0 saturated heterocycles. The van der Waals surface area contributed by atoms with E-state index in [0.717, 1.165) is 11.1 Å². The molecule has 25 heavy (non-hydrogen) atoms. The number of rotatable bonds is 6. The molecule has 0 saturated carbocycles. The van der Waals surface area contributed by atoms with Crippen molar-refractivity contribution < 1.29 is 9.59 Å². The zero-order chi connectivity index (χ0) is 18.4. The summed E-state index contributed by atoms with van der Waals surface area (Å²) < 4.78 is 0. The summed E-state index contributed by atoms with van der Waals surface area (Å²) in [6, 6.07) is 14.8. The normalized spacial score (nSPS) is 10.6. The predicted molar refractivity (Wildman–Crippen MR) is 101 cm³/mol. The quantitative estimate of drug-likeness (QED) is 0.856. The Labute approximate surface area is 153 Å². The molecule has 1 N–H and O–H groups in total. The first kappa shape index (κ1) is 19.0.